The highest BCUT2D eigenvalue weighted by Crippen LogP contribution is 2.20. The third-order valence-electron chi connectivity index (χ3n) is 3.29. The van der Waals surface area contributed by atoms with Crippen molar-refractivity contribution in [2.24, 2.45) is 0 Å². The molecule has 0 fully saturated rings. The van der Waals surface area contributed by atoms with Crippen molar-refractivity contribution >= 4 is 0 Å². The molecule has 0 saturated carbocycles. The molecule has 0 bridgehead atoms. The number of benzene rings is 1. The Balaban J connectivity index is 2.01. The predicted octanol–water partition coefficient (Wildman–Crippen LogP) is 3.92. The van der Waals surface area contributed by atoms with Gasteiger partial charge in [-0.1, -0.05) is 30.4 Å². The van der Waals surface area contributed by atoms with Crippen LogP contribution < -0.4 is 4.74 Å². The van der Waals surface area contributed by atoms with Gasteiger partial charge in [0.1, 0.15) is 5.75 Å². The van der Waals surface area contributed by atoms with Gasteiger partial charge in [-0.2, -0.15) is 0 Å². The third kappa shape index (κ3) is 3.75. The first-order valence-electron chi connectivity index (χ1n) is 6.68. The van der Waals surface area contributed by atoms with Crippen LogP contribution in [0.15, 0.2) is 60.8 Å². The fourth-order valence-corrected chi connectivity index (χ4v) is 2.20. The van der Waals surface area contributed by atoms with Crippen LogP contribution in [0.3, 0.4) is 0 Å². The first-order valence-corrected chi connectivity index (χ1v) is 6.68. The van der Waals surface area contributed by atoms with Crippen molar-refractivity contribution in [3.8, 4) is 5.75 Å². The lowest BCUT2D eigenvalue weighted by Crippen LogP contribution is -2.24. The quantitative estimate of drug-likeness (QED) is 0.714. The predicted molar refractivity (Wildman–Crippen MR) is 80.1 cm³/mol. The molecule has 1 aliphatic heterocycles. The van der Waals surface area contributed by atoms with Gasteiger partial charge in [0.25, 0.3) is 0 Å². The van der Waals surface area contributed by atoms with Gasteiger partial charge < -0.3 is 9.64 Å². The molecule has 2 nitrogen and oxygen atoms in total. The lowest BCUT2D eigenvalue weighted by atomic mass is 10.1. The van der Waals surface area contributed by atoms with Crippen LogP contribution in [0.25, 0.3) is 0 Å². The first kappa shape index (κ1) is 13.5. The first-order chi connectivity index (χ1) is 9.33. The molecule has 0 saturated heterocycles. The van der Waals surface area contributed by atoms with E-state index in [0.717, 1.165) is 31.7 Å². The third-order valence-corrected chi connectivity index (χ3v) is 3.29. The van der Waals surface area contributed by atoms with Crippen molar-refractivity contribution in [2.45, 2.75) is 19.4 Å². The molecule has 1 aliphatic rings. The summed E-state index contributed by atoms with van der Waals surface area (Å²) >= 11 is 0. The minimum Gasteiger partial charge on any atom is -0.497 e. The number of nitrogens with zero attached hydrogens (tertiary/aromatic N) is 1. The molecule has 0 amide bonds. The van der Waals surface area contributed by atoms with Crippen molar-refractivity contribution in [3.63, 3.8) is 0 Å². The SMILES string of the molecule is C=CCCC1=CC=CCN1Cc1ccc(OC)cc1. The Hall–Kier alpha value is -1.96. The largest absolute Gasteiger partial charge is 0.497 e. The Morgan fingerprint density at radius 3 is 2.79 bits per heavy atom. The number of ether oxygens (including phenoxy) is 1. The van der Waals surface area contributed by atoms with E-state index in [1.807, 2.05) is 18.2 Å². The van der Waals surface area contributed by atoms with Crippen LogP contribution in [0.4, 0.5) is 0 Å². The molecule has 0 atom stereocenters. The van der Waals surface area contributed by atoms with E-state index in [0.29, 0.717) is 0 Å². The second-order valence-corrected chi connectivity index (χ2v) is 4.64. The average Bonchev–Trinajstić information content (AvgIpc) is 2.47. The maximum absolute atomic E-state index is 5.19. The van der Waals surface area contributed by atoms with E-state index in [4.69, 9.17) is 4.74 Å². The molecule has 0 unspecified atom stereocenters. The van der Waals surface area contributed by atoms with Crippen LogP contribution >= 0.6 is 0 Å². The molecule has 0 aliphatic carbocycles. The number of methoxy groups -OCH3 is 1. The van der Waals surface area contributed by atoms with E-state index in [9.17, 15) is 0 Å². The lowest BCUT2D eigenvalue weighted by molar-refractivity contribution is 0.354. The summed E-state index contributed by atoms with van der Waals surface area (Å²) in [4.78, 5) is 2.41. The summed E-state index contributed by atoms with van der Waals surface area (Å²) in [6, 6.07) is 8.29. The van der Waals surface area contributed by atoms with Crippen LogP contribution in [0, 0.1) is 0 Å². The van der Waals surface area contributed by atoms with E-state index in [-0.39, 0.29) is 0 Å². The Kier molecular flexibility index (Phi) is 4.85. The van der Waals surface area contributed by atoms with E-state index in [1.165, 1.54) is 11.3 Å². The number of rotatable bonds is 6. The molecular formula is C17H21NO. The van der Waals surface area contributed by atoms with Crippen LogP contribution in [0.1, 0.15) is 18.4 Å². The molecule has 1 aromatic carbocycles. The summed E-state index contributed by atoms with van der Waals surface area (Å²) in [5, 5.41) is 0. The van der Waals surface area contributed by atoms with Gasteiger partial charge in [-0.25, -0.2) is 0 Å². The van der Waals surface area contributed by atoms with Crippen molar-refractivity contribution in [1.82, 2.24) is 4.90 Å². The van der Waals surface area contributed by atoms with Gasteiger partial charge in [0.05, 0.1) is 7.11 Å². The van der Waals surface area contributed by atoms with Crippen LogP contribution in [0.2, 0.25) is 0 Å². The summed E-state index contributed by atoms with van der Waals surface area (Å²) in [6.07, 6.45) is 10.6. The smallest absolute Gasteiger partial charge is 0.118 e. The van der Waals surface area contributed by atoms with Gasteiger partial charge in [-0.15, -0.1) is 6.58 Å². The second-order valence-electron chi connectivity index (χ2n) is 4.64. The Bertz CT molecular complexity index is 471. The highest BCUT2D eigenvalue weighted by molar-refractivity contribution is 5.28. The maximum Gasteiger partial charge on any atom is 0.118 e. The van der Waals surface area contributed by atoms with Crippen molar-refractivity contribution in [3.05, 3.63) is 66.4 Å². The van der Waals surface area contributed by atoms with E-state index in [1.54, 1.807) is 7.11 Å². The molecule has 2 heteroatoms. The molecule has 2 rings (SSSR count). The molecule has 1 aromatic rings. The van der Waals surface area contributed by atoms with Crippen molar-refractivity contribution in [1.29, 1.82) is 0 Å². The zero-order valence-corrected chi connectivity index (χ0v) is 11.5. The molecule has 0 radical (unpaired) electrons. The van der Waals surface area contributed by atoms with Gasteiger partial charge in [0.2, 0.25) is 0 Å². The molecule has 19 heavy (non-hydrogen) atoms. The Labute approximate surface area is 115 Å². The average molecular weight is 255 g/mol. The molecule has 100 valence electrons. The van der Waals surface area contributed by atoms with E-state index in [2.05, 4.69) is 41.8 Å². The minimum absolute atomic E-state index is 0.907. The Morgan fingerprint density at radius 1 is 1.32 bits per heavy atom. The lowest BCUT2D eigenvalue weighted by Gasteiger charge is -2.28. The number of allylic oxidation sites excluding steroid dienone is 4. The molecule has 0 N–H and O–H groups in total. The standard InChI is InChI=1S/C17H21NO/c1-3-4-7-16-8-5-6-13-18(16)14-15-9-11-17(19-2)12-10-15/h3,5-6,8-12H,1,4,7,13-14H2,2H3. The summed E-state index contributed by atoms with van der Waals surface area (Å²) in [5.74, 6) is 0.907. The zero-order valence-electron chi connectivity index (χ0n) is 11.5. The fourth-order valence-electron chi connectivity index (χ4n) is 2.20. The second kappa shape index (κ2) is 6.83. The van der Waals surface area contributed by atoms with Crippen LogP contribution in [0.5, 0.6) is 5.75 Å². The van der Waals surface area contributed by atoms with Gasteiger partial charge in [0, 0.05) is 18.8 Å². The molecule has 1 heterocycles. The van der Waals surface area contributed by atoms with Crippen LogP contribution in [-0.2, 0) is 6.54 Å². The topological polar surface area (TPSA) is 12.5 Å². The molecular weight excluding hydrogens is 234 g/mol. The van der Waals surface area contributed by atoms with Gasteiger partial charge in [-0.3, -0.25) is 0 Å². The number of hydrogen-bond donors (Lipinski definition) is 0. The molecule has 0 aromatic heterocycles. The van der Waals surface area contributed by atoms with Crippen LogP contribution in [-0.4, -0.2) is 18.6 Å². The highest BCUT2D eigenvalue weighted by atomic mass is 16.5. The molecule has 0 spiro atoms. The normalized spacial score (nSPS) is 14.2. The zero-order chi connectivity index (χ0) is 13.5. The van der Waals surface area contributed by atoms with Gasteiger partial charge in [0.15, 0.2) is 0 Å². The van der Waals surface area contributed by atoms with E-state index < -0.39 is 0 Å². The van der Waals surface area contributed by atoms with Gasteiger partial charge >= 0.3 is 0 Å². The summed E-state index contributed by atoms with van der Waals surface area (Å²) in [7, 11) is 1.70. The summed E-state index contributed by atoms with van der Waals surface area (Å²) in [5.41, 5.74) is 2.69. The highest BCUT2D eigenvalue weighted by Gasteiger charge is 2.10. The minimum atomic E-state index is 0.907. The monoisotopic (exact) mass is 255 g/mol. The summed E-state index contributed by atoms with van der Waals surface area (Å²) in [6.45, 7) is 5.72. The van der Waals surface area contributed by atoms with Crippen molar-refractivity contribution < 1.29 is 4.74 Å². The summed E-state index contributed by atoms with van der Waals surface area (Å²) < 4.78 is 5.19. The van der Waals surface area contributed by atoms with E-state index >= 15 is 0 Å². The Morgan fingerprint density at radius 2 is 2.11 bits per heavy atom. The van der Waals surface area contributed by atoms with Gasteiger partial charge in [-0.05, 0) is 36.6 Å². The maximum atomic E-state index is 5.19. The van der Waals surface area contributed by atoms with Crippen molar-refractivity contribution in [2.75, 3.05) is 13.7 Å². The fraction of sp³-hybridized carbons (Fsp3) is 0.294. The number of hydrogen-bond acceptors (Lipinski definition) is 2.